The second-order valence-electron chi connectivity index (χ2n) is 6.94. The van der Waals surface area contributed by atoms with E-state index in [0.29, 0.717) is 17.5 Å². The van der Waals surface area contributed by atoms with Gasteiger partial charge in [0.15, 0.2) is 11.4 Å². The number of ether oxygens (including phenoxy) is 1. The Morgan fingerprint density at radius 1 is 1.07 bits per heavy atom. The maximum atomic E-state index is 14.2. The minimum Gasteiger partial charge on any atom is -0.496 e. The highest BCUT2D eigenvalue weighted by Crippen LogP contribution is 2.29. The van der Waals surface area contributed by atoms with Crippen LogP contribution in [0.3, 0.4) is 0 Å². The monoisotopic (exact) mass is 409 g/mol. The molecule has 154 valence electrons. The number of nitrogens with zero attached hydrogens (tertiary/aromatic N) is 2. The Morgan fingerprint density at radius 2 is 1.83 bits per heavy atom. The number of oxazole rings is 1. The molecule has 0 aliphatic heterocycles. The highest BCUT2D eigenvalue weighted by atomic mass is 19.1. The van der Waals surface area contributed by atoms with Crippen molar-refractivity contribution in [3.8, 4) is 5.75 Å². The van der Waals surface area contributed by atoms with Gasteiger partial charge in [-0.2, -0.15) is 4.98 Å². The van der Waals surface area contributed by atoms with Crippen LogP contribution in [0.5, 0.6) is 5.75 Å². The number of fused-ring (bicyclic) bond motifs is 1. The molecule has 2 aromatic carbocycles. The van der Waals surface area contributed by atoms with Crippen molar-refractivity contribution >= 4 is 34.2 Å². The zero-order chi connectivity index (χ0) is 21.4. The van der Waals surface area contributed by atoms with Crippen molar-refractivity contribution in [2.75, 3.05) is 17.7 Å². The zero-order valence-corrected chi connectivity index (χ0v) is 16.9. The fourth-order valence-electron chi connectivity index (χ4n) is 3.10. The summed E-state index contributed by atoms with van der Waals surface area (Å²) in [6.07, 6.45) is 1.66. The summed E-state index contributed by atoms with van der Waals surface area (Å²) in [4.78, 5) is 22.6. The number of rotatable bonds is 5. The van der Waals surface area contributed by atoms with E-state index in [4.69, 9.17) is 9.15 Å². The predicted molar refractivity (Wildman–Crippen MR) is 113 cm³/mol. The Kier molecular flexibility index (Phi) is 4.86. The third-order valence-corrected chi connectivity index (χ3v) is 4.81. The van der Waals surface area contributed by atoms with E-state index in [9.17, 15) is 9.18 Å². The van der Waals surface area contributed by atoms with Crippen LogP contribution in [0.2, 0.25) is 0 Å². The zero-order valence-electron chi connectivity index (χ0n) is 16.9. The number of H-pyrrole nitrogens is 1. The summed E-state index contributed by atoms with van der Waals surface area (Å²) in [6, 6.07) is 6.66. The highest BCUT2D eigenvalue weighted by Gasteiger charge is 2.12. The van der Waals surface area contributed by atoms with Gasteiger partial charge in [-0.25, -0.2) is 14.2 Å². The first-order valence-electron chi connectivity index (χ1n) is 9.19. The molecule has 4 aromatic rings. The number of aromatic nitrogens is 3. The molecule has 0 atom stereocenters. The van der Waals surface area contributed by atoms with Crippen LogP contribution in [0.1, 0.15) is 16.7 Å². The molecular formula is C21H20FN5O3. The van der Waals surface area contributed by atoms with E-state index in [-0.39, 0.29) is 11.1 Å². The predicted octanol–water partition coefficient (Wildman–Crippen LogP) is 4.47. The van der Waals surface area contributed by atoms with Crippen LogP contribution in [-0.2, 0) is 0 Å². The number of benzene rings is 2. The Labute approximate surface area is 171 Å². The maximum Gasteiger partial charge on any atom is 0.417 e. The minimum atomic E-state index is -0.713. The summed E-state index contributed by atoms with van der Waals surface area (Å²) in [5.74, 6) is 0.260. The number of hydrogen-bond donors (Lipinski definition) is 3. The van der Waals surface area contributed by atoms with Crippen molar-refractivity contribution < 1.29 is 13.5 Å². The normalized spacial score (nSPS) is 11.0. The molecule has 0 unspecified atom stereocenters. The third kappa shape index (κ3) is 3.69. The molecule has 0 amide bonds. The average molecular weight is 409 g/mol. The van der Waals surface area contributed by atoms with Crippen molar-refractivity contribution in [2.24, 2.45) is 0 Å². The Morgan fingerprint density at radius 3 is 2.60 bits per heavy atom. The Hall–Kier alpha value is -3.88. The molecule has 0 bridgehead atoms. The van der Waals surface area contributed by atoms with E-state index >= 15 is 0 Å². The van der Waals surface area contributed by atoms with Crippen molar-refractivity contribution in [1.82, 2.24) is 15.0 Å². The fraction of sp³-hybridized carbons (Fsp3) is 0.190. The SMILES string of the molecule is COc1cc(Nc2ncc(C)c(Nc3cc(F)c4oc(=O)[nH]c4c3)n2)cc(C)c1C. The number of anilines is 4. The molecule has 0 aliphatic carbocycles. The molecule has 0 saturated carbocycles. The number of methoxy groups -OCH3 is 1. The van der Waals surface area contributed by atoms with Crippen molar-refractivity contribution in [2.45, 2.75) is 20.8 Å². The van der Waals surface area contributed by atoms with Gasteiger partial charge in [-0.15, -0.1) is 0 Å². The molecule has 2 heterocycles. The molecule has 0 aliphatic rings. The number of aryl methyl sites for hydroxylation is 2. The van der Waals surface area contributed by atoms with E-state index in [0.717, 1.165) is 28.1 Å². The van der Waals surface area contributed by atoms with Crippen LogP contribution >= 0.6 is 0 Å². The van der Waals surface area contributed by atoms with Crippen molar-refractivity contribution in [3.63, 3.8) is 0 Å². The van der Waals surface area contributed by atoms with Crippen LogP contribution < -0.4 is 21.1 Å². The number of hydrogen-bond acceptors (Lipinski definition) is 7. The largest absolute Gasteiger partial charge is 0.496 e. The first kappa shape index (κ1) is 19.4. The second-order valence-corrected chi connectivity index (χ2v) is 6.94. The van der Waals surface area contributed by atoms with Gasteiger partial charge in [0, 0.05) is 35.3 Å². The molecule has 0 radical (unpaired) electrons. The van der Waals surface area contributed by atoms with E-state index in [2.05, 4.69) is 25.6 Å². The van der Waals surface area contributed by atoms with Gasteiger partial charge in [0.1, 0.15) is 11.6 Å². The summed E-state index contributed by atoms with van der Waals surface area (Å²) in [5, 5.41) is 6.23. The molecular weight excluding hydrogens is 389 g/mol. The van der Waals surface area contributed by atoms with Gasteiger partial charge in [-0.1, -0.05) is 0 Å². The van der Waals surface area contributed by atoms with Crippen LogP contribution in [0.4, 0.5) is 27.5 Å². The minimum absolute atomic E-state index is 0.115. The van der Waals surface area contributed by atoms with Gasteiger partial charge in [0.2, 0.25) is 5.95 Å². The summed E-state index contributed by atoms with van der Waals surface area (Å²) >= 11 is 0. The Bertz CT molecular complexity index is 1310. The molecule has 2 aromatic heterocycles. The van der Waals surface area contributed by atoms with Gasteiger partial charge in [-0.05, 0) is 44.0 Å². The lowest BCUT2D eigenvalue weighted by molar-refractivity contribution is 0.411. The topological polar surface area (TPSA) is 105 Å². The summed E-state index contributed by atoms with van der Waals surface area (Å²) in [5.41, 5.74) is 4.24. The molecule has 3 N–H and O–H groups in total. The van der Waals surface area contributed by atoms with E-state index < -0.39 is 11.6 Å². The quantitative estimate of drug-likeness (QED) is 0.447. The fourth-order valence-corrected chi connectivity index (χ4v) is 3.10. The molecule has 0 spiro atoms. The molecule has 0 saturated heterocycles. The van der Waals surface area contributed by atoms with Crippen LogP contribution in [0.15, 0.2) is 39.7 Å². The Balaban J connectivity index is 1.64. The van der Waals surface area contributed by atoms with Gasteiger partial charge >= 0.3 is 5.76 Å². The average Bonchev–Trinajstić information content (AvgIpc) is 3.08. The van der Waals surface area contributed by atoms with Gasteiger partial charge in [0.25, 0.3) is 0 Å². The van der Waals surface area contributed by atoms with Gasteiger partial charge in [-0.3, -0.25) is 4.98 Å². The van der Waals surface area contributed by atoms with Crippen LogP contribution in [0.25, 0.3) is 11.1 Å². The first-order valence-corrected chi connectivity index (χ1v) is 9.19. The first-order chi connectivity index (χ1) is 14.3. The lowest BCUT2D eigenvalue weighted by Gasteiger charge is -2.14. The van der Waals surface area contributed by atoms with Crippen LogP contribution in [0, 0.1) is 26.6 Å². The lowest BCUT2D eigenvalue weighted by Crippen LogP contribution is -2.04. The molecule has 9 heteroatoms. The number of halogens is 1. The van der Waals surface area contributed by atoms with E-state index in [1.165, 1.54) is 6.07 Å². The number of nitrogens with one attached hydrogen (secondary N) is 3. The summed E-state index contributed by atoms with van der Waals surface area (Å²) in [7, 11) is 1.62. The lowest BCUT2D eigenvalue weighted by atomic mass is 10.1. The van der Waals surface area contributed by atoms with Gasteiger partial charge < -0.3 is 19.8 Å². The molecule has 8 nitrogen and oxygen atoms in total. The van der Waals surface area contributed by atoms with Crippen LogP contribution in [-0.4, -0.2) is 22.1 Å². The summed E-state index contributed by atoms with van der Waals surface area (Å²) in [6.45, 7) is 5.82. The maximum absolute atomic E-state index is 14.2. The molecule has 4 rings (SSSR count). The third-order valence-electron chi connectivity index (χ3n) is 4.81. The number of aromatic amines is 1. The van der Waals surface area contributed by atoms with Crippen molar-refractivity contribution in [1.29, 1.82) is 0 Å². The smallest absolute Gasteiger partial charge is 0.417 e. The molecule has 30 heavy (non-hydrogen) atoms. The highest BCUT2D eigenvalue weighted by molar-refractivity contribution is 5.79. The van der Waals surface area contributed by atoms with Gasteiger partial charge in [0.05, 0.1) is 12.6 Å². The molecule has 0 fully saturated rings. The second kappa shape index (κ2) is 7.51. The van der Waals surface area contributed by atoms with Crippen molar-refractivity contribution in [3.05, 3.63) is 63.5 Å². The van der Waals surface area contributed by atoms with E-state index in [1.54, 1.807) is 19.4 Å². The van der Waals surface area contributed by atoms with E-state index in [1.807, 2.05) is 32.9 Å². The standard InChI is InChI=1S/C21H20FN5O3/c1-10-5-13(8-17(29-4)12(10)3)25-20-23-9-11(2)19(27-20)24-14-6-15(22)18-16(7-14)26-21(28)30-18/h5-9H,1-4H3,(H,26,28)(H2,23,24,25,27). The summed E-state index contributed by atoms with van der Waals surface area (Å²) < 4.78 is 24.4.